The van der Waals surface area contributed by atoms with Crippen LogP contribution >= 0.6 is 0 Å². The second kappa shape index (κ2) is 10.1. The zero-order valence-electron chi connectivity index (χ0n) is 14.7. The Bertz CT molecular complexity index is 353. The second-order valence-electron chi connectivity index (χ2n) is 6.91. The first kappa shape index (κ1) is 18.5. The third kappa shape index (κ3) is 7.06. The van der Waals surface area contributed by atoms with Gasteiger partial charge in [-0.25, -0.2) is 0 Å². The van der Waals surface area contributed by atoms with E-state index >= 15 is 0 Å². The van der Waals surface area contributed by atoms with Gasteiger partial charge in [0.2, 0.25) is 0 Å². The lowest BCUT2D eigenvalue weighted by molar-refractivity contribution is -0.0945. The minimum Gasteiger partial charge on any atom is -0.381 e. The Hall–Kier alpha value is -0.850. The van der Waals surface area contributed by atoms with Crippen LogP contribution in [0.1, 0.15) is 33.1 Å². The number of nitrogens with one attached hydrogen (secondary N) is 2. The summed E-state index contributed by atoms with van der Waals surface area (Å²) in [6, 6.07) is 0. The monoisotopic (exact) mass is 327 g/mol. The zero-order valence-corrected chi connectivity index (χ0v) is 14.7. The first-order chi connectivity index (χ1) is 11.2. The van der Waals surface area contributed by atoms with Crippen LogP contribution in [0.4, 0.5) is 0 Å². The van der Waals surface area contributed by atoms with E-state index < -0.39 is 0 Å². The van der Waals surface area contributed by atoms with Crippen LogP contribution in [0.2, 0.25) is 0 Å². The van der Waals surface area contributed by atoms with Gasteiger partial charge in [0, 0.05) is 44.9 Å². The van der Waals surface area contributed by atoms with E-state index in [0.29, 0.717) is 5.92 Å². The molecule has 0 saturated carbocycles. The molecule has 0 amide bonds. The molecule has 0 atom stereocenters. The van der Waals surface area contributed by atoms with Crippen LogP contribution in [0.15, 0.2) is 4.99 Å². The lowest BCUT2D eigenvalue weighted by Gasteiger charge is -2.36. The maximum Gasteiger partial charge on any atom is 0.191 e. The predicted molar refractivity (Wildman–Crippen MR) is 91.9 cm³/mol. The molecule has 0 aliphatic carbocycles. The number of hydrogen-bond donors (Lipinski definition) is 2. The summed E-state index contributed by atoms with van der Waals surface area (Å²) in [6.45, 7) is 12.0. The van der Waals surface area contributed by atoms with Crippen molar-refractivity contribution in [2.24, 2.45) is 16.3 Å². The Balaban J connectivity index is 1.53. The van der Waals surface area contributed by atoms with Crippen molar-refractivity contribution in [2.75, 3.05) is 59.3 Å². The average molecular weight is 327 g/mol. The van der Waals surface area contributed by atoms with Crippen LogP contribution in [0.3, 0.4) is 0 Å². The minimum absolute atomic E-state index is 0.217. The third-order valence-electron chi connectivity index (χ3n) is 4.32. The molecule has 6 heteroatoms. The molecule has 2 rings (SSSR count). The summed E-state index contributed by atoms with van der Waals surface area (Å²) in [5, 5.41) is 6.67. The number of ether oxygens (including phenoxy) is 3. The lowest BCUT2D eigenvalue weighted by Crippen LogP contribution is -2.44. The Kier molecular flexibility index (Phi) is 8.12. The van der Waals surface area contributed by atoms with Crippen LogP contribution in [0, 0.1) is 11.3 Å². The van der Waals surface area contributed by atoms with Gasteiger partial charge >= 0.3 is 0 Å². The third-order valence-corrected chi connectivity index (χ3v) is 4.32. The first-order valence-corrected chi connectivity index (χ1v) is 8.97. The van der Waals surface area contributed by atoms with E-state index in [4.69, 9.17) is 14.2 Å². The van der Waals surface area contributed by atoms with Gasteiger partial charge in [-0.3, -0.25) is 4.99 Å². The van der Waals surface area contributed by atoms with Gasteiger partial charge in [-0.2, -0.15) is 0 Å². The van der Waals surface area contributed by atoms with Crippen molar-refractivity contribution in [1.29, 1.82) is 0 Å². The molecule has 134 valence electrons. The van der Waals surface area contributed by atoms with Gasteiger partial charge in [-0.1, -0.05) is 6.92 Å². The highest BCUT2D eigenvalue weighted by atomic mass is 16.5. The molecule has 2 aliphatic heterocycles. The van der Waals surface area contributed by atoms with E-state index in [9.17, 15) is 0 Å². The van der Waals surface area contributed by atoms with Crippen molar-refractivity contribution in [2.45, 2.75) is 33.1 Å². The zero-order chi connectivity index (χ0) is 16.4. The van der Waals surface area contributed by atoms with Crippen LogP contribution in [-0.4, -0.2) is 65.2 Å². The largest absolute Gasteiger partial charge is 0.381 e. The van der Waals surface area contributed by atoms with Gasteiger partial charge in [0.1, 0.15) is 0 Å². The van der Waals surface area contributed by atoms with Crippen molar-refractivity contribution in [3.05, 3.63) is 0 Å². The standard InChI is InChI=1S/C17H33N3O3/c1-3-18-16(20-12-17(2)13-23-14-17)19-7-4-8-22-11-15-5-9-21-10-6-15/h15H,3-14H2,1-2H3,(H2,18,19,20). The molecule has 0 aromatic heterocycles. The Morgan fingerprint density at radius 3 is 2.65 bits per heavy atom. The van der Waals surface area contributed by atoms with Gasteiger partial charge in [-0.15, -0.1) is 0 Å². The van der Waals surface area contributed by atoms with Crippen LogP contribution in [0.5, 0.6) is 0 Å². The van der Waals surface area contributed by atoms with Crippen LogP contribution < -0.4 is 10.6 Å². The van der Waals surface area contributed by atoms with E-state index in [1.54, 1.807) is 0 Å². The molecule has 0 bridgehead atoms. The fourth-order valence-electron chi connectivity index (χ4n) is 2.70. The highest BCUT2D eigenvalue weighted by molar-refractivity contribution is 5.79. The van der Waals surface area contributed by atoms with E-state index in [1.165, 1.54) is 0 Å². The molecule has 2 saturated heterocycles. The molecule has 2 fully saturated rings. The average Bonchev–Trinajstić information content (AvgIpc) is 2.55. The summed E-state index contributed by atoms with van der Waals surface area (Å²) >= 11 is 0. The van der Waals surface area contributed by atoms with Crippen LogP contribution in [0.25, 0.3) is 0 Å². The maximum absolute atomic E-state index is 5.78. The summed E-state index contributed by atoms with van der Waals surface area (Å²) in [7, 11) is 0. The minimum atomic E-state index is 0.217. The maximum atomic E-state index is 5.78. The summed E-state index contributed by atoms with van der Waals surface area (Å²) in [6.07, 6.45) is 3.27. The highest BCUT2D eigenvalue weighted by Gasteiger charge is 2.33. The molecule has 0 unspecified atom stereocenters. The number of hydrogen-bond acceptors (Lipinski definition) is 4. The van der Waals surface area contributed by atoms with Gasteiger partial charge in [-0.05, 0) is 32.1 Å². The molecule has 0 radical (unpaired) electrons. The molecule has 2 aliphatic rings. The number of nitrogens with zero attached hydrogens (tertiary/aromatic N) is 1. The van der Waals surface area contributed by atoms with Gasteiger partial charge in [0.25, 0.3) is 0 Å². The quantitative estimate of drug-likeness (QED) is 0.381. The van der Waals surface area contributed by atoms with Crippen molar-refractivity contribution in [3.63, 3.8) is 0 Å². The SMILES string of the molecule is CCNC(=NCC1(C)COC1)NCCCOCC1CCOCC1. The van der Waals surface area contributed by atoms with Gasteiger partial charge < -0.3 is 24.8 Å². The summed E-state index contributed by atoms with van der Waals surface area (Å²) < 4.78 is 16.4. The van der Waals surface area contributed by atoms with E-state index in [-0.39, 0.29) is 5.41 Å². The molecular weight excluding hydrogens is 294 g/mol. The summed E-state index contributed by atoms with van der Waals surface area (Å²) in [4.78, 5) is 4.66. The smallest absolute Gasteiger partial charge is 0.191 e. The predicted octanol–water partition coefficient (Wildman–Crippen LogP) is 1.41. The number of aliphatic imine (C=N–C) groups is 1. The summed E-state index contributed by atoms with van der Waals surface area (Å²) in [5.74, 6) is 1.58. The molecule has 0 aromatic carbocycles. The lowest BCUT2D eigenvalue weighted by atomic mass is 9.89. The second-order valence-corrected chi connectivity index (χ2v) is 6.91. The fraction of sp³-hybridized carbons (Fsp3) is 0.941. The molecule has 6 nitrogen and oxygen atoms in total. The Morgan fingerprint density at radius 2 is 2.00 bits per heavy atom. The number of guanidine groups is 1. The first-order valence-electron chi connectivity index (χ1n) is 8.97. The van der Waals surface area contributed by atoms with E-state index in [0.717, 1.165) is 84.5 Å². The fourth-order valence-corrected chi connectivity index (χ4v) is 2.70. The highest BCUT2D eigenvalue weighted by Crippen LogP contribution is 2.26. The normalized spacial score (nSPS) is 21.7. The molecule has 0 aromatic rings. The van der Waals surface area contributed by atoms with E-state index in [1.807, 2.05) is 0 Å². The molecule has 2 heterocycles. The molecule has 2 N–H and O–H groups in total. The van der Waals surface area contributed by atoms with Crippen molar-refractivity contribution < 1.29 is 14.2 Å². The Labute approximate surface area is 140 Å². The number of rotatable bonds is 9. The van der Waals surface area contributed by atoms with Crippen molar-refractivity contribution in [1.82, 2.24) is 10.6 Å². The van der Waals surface area contributed by atoms with Gasteiger partial charge in [0.15, 0.2) is 5.96 Å². The molecular formula is C17H33N3O3. The molecule has 0 spiro atoms. The van der Waals surface area contributed by atoms with Gasteiger partial charge in [0.05, 0.1) is 19.8 Å². The van der Waals surface area contributed by atoms with Crippen molar-refractivity contribution >= 4 is 5.96 Å². The molecule has 23 heavy (non-hydrogen) atoms. The van der Waals surface area contributed by atoms with E-state index in [2.05, 4.69) is 29.5 Å². The topological polar surface area (TPSA) is 64.1 Å². The van der Waals surface area contributed by atoms with Crippen LogP contribution in [-0.2, 0) is 14.2 Å². The summed E-state index contributed by atoms with van der Waals surface area (Å²) in [5.41, 5.74) is 0.217. The Morgan fingerprint density at radius 1 is 1.22 bits per heavy atom. The van der Waals surface area contributed by atoms with Crippen molar-refractivity contribution in [3.8, 4) is 0 Å².